The number of amides is 1. The van der Waals surface area contributed by atoms with Gasteiger partial charge < -0.3 is 10.1 Å². The summed E-state index contributed by atoms with van der Waals surface area (Å²) in [5.74, 6) is 0.215. The van der Waals surface area contributed by atoms with Gasteiger partial charge in [-0.1, -0.05) is 62.9 Å². The number of benzene rings is 3. The third kappa shape index (κ3) is 6.50. The van der Waals surface area contributed by atoms with E-state index in [-0.39, 0.29) is 5.57 Å². The predicted molar refractivity (Wildman–Crippen MR) is 142 cm³/mol. The minimum Gasteiger partial charge on any atom is -0.494 e. The molecule has 6 heteroatoms. The molecule has 3 rings (SSSR count). The van der Waals surface area contributed by atoms with Crippen molar-refractivity contribution in [1.29, 1.82) is 5.26 Å². The topological polar surface area (TPSA) is 62.1 Å². The van der Waals surface area contributed by atoms with E-state index in [2.05, 4.69) is 53.3 Å². The molecule has 34 heavy (non-hydrogen) atoms. The molecule has 0 aromatic heterocycles. The van der Waals surface area contributed by atoms with Crippen LogP contribution in [-0.4, -0.2) is 12.5 Å². The maximum absolute atomic E-state index is 12.8. The van der Waals surface area contributed by atoms with Crippen molar-refractivity contribution in [1.82, 2.24) is 0 Å². The molecule has 0 atom stereocenters. The number of halogens is 2. The van der Waals surface area contributed by atoms with Crippen molar-refractivity contribution >= 4 is 45.2 Å². The Balaban J connectivity index is 1.94. The van der Waals surface area contributed by atoms with Gasteiger partial charge in [-0.2, -0.15) is 5.26 Å². The summed E-state index contributed by atoms with van der Waals surface area (Å²) in [6.07, 6.45) is 2.26. The van der Waals surface area contributed by atoms with E-state index in [9.17, 15) is 10.1 Å². The Kier molecular flexibility index (Phi) is 8.55. The van der Waals surface area contributed by atoms with Crippen LogP contribution in [0.25, 0.3) is 6.08 Å². The van der Waals surface area contributed by atoms with Gasteiger partial charge in [0, 0.05) is 27.2 Å². The Bertz CT molecular complexity index is 1290. The highest BCUT2D eigenvalue weighted by atomic mass is 79.9. The average Bonchev–Trinajstić information content (AvgIpc) is 2.76. The number of hydrogen-bond donors (Lipinski definition) is 1. The SMILES string of the molecule is CCOc1cc(/C=C(\C#N)C(=O)Nc2cc(Cl)ccc2C)cc(Br)c1Cc1cc(C)cc(C)c1. The zero-order valence-electron chi connectivity index (χ0n) is 19.6. The van der Waals surface area contributed by atoms with E-state index in [1.807, 2.05) is 38.1 Å². The van der Waals surface area contributed by atoms with Crippen LogP contribution in [0.1, 0.15) is 40.3 Å². The lowest BCUT2D eigenvalue weighted by atomic mass is 9.98. The third-order valence-electron chi connectivity index (χ3n) is 5.26. The maximum Gasteiger partial charge on any atom is 0.266 e. The van der Waals surface area contributed by atoms with E-state index in [0.717, 1.165) is 15.6 Å². The number of ether oxygens (including phenoxy) is 1. The van der Waals surface area contributed by atoms with E-state index >= 15 is 0 Å². The smallest absolute Gasteiger partial charge is 0.266 e. The van der Waals surface area contributed by atoms with Crippen molar-refractivity contribution in [3.63, 3.8) is 0 Å². The van der Waals surface area contributed by atoms with Crippen LogP contribution in [0.15, 0.2) is 58.6 Å². The first-order chi connectivity index (χ1) is 16.2. The minimum atomic E-state index is -0.499. The van der Waals surface area contributed by atoms with Gasteiger partial charge in [0.05, 0.1) is 6.61 Å². The number of anilines is 1. The summed E-state index contributed by atoms with van der Waals surface area (Å²) in [5, 5.41) is 12.9. The van der Waals surface area contributed by atoms with E-state index in [1.54, 1.807) is 18.2 Å². The van der Waals surface area contributed by atoms with Crippen molar-refractivity contribution in [2.24, 2.45) is 0 Å². The van der Waals surface area contributed by atoms with Crippen LogP contribution >= 0.6 is 27.5 Å². The summed E-state index contributed by atoms with van der Waals surface area (Å²) in [5.41, 5.74) is 6.72. The lowest BCUT2D eigenvalue weighted by Gasteiger charge is -2.15. The molecule has 0 aliphatic heterocycles. The molecule has 4 nitrogen and oxygen atoms in total. The number of carbonyl (C=O) groups is 1. The van der Waals surface area contributed by atoms with Gasteiger partial charge in [0.25, 0.3) is 5.91 Å². The van der Waals surface area contributed by atoms with Crippen LogP contribution in [0.5, 0.6) is 5.75 Å². The summed E-state index contributed by atoms with van der Waals surface area (Å²) in [6.45, 7) is 8.46. The molecular weight excluding hydrogens is 512 g/mol. The van der Waals surface area contributed by atoms with Crippen molar-refractivity contribution in [3.05, 3.63) is 97.0 Å². The molecule has 3 aromatic carbocycles. The lowest BCUT2D eigenvalue weighted by molar-refractivity contribution is -0.112. The number of nitrogens with zero attached hydrogens (tertiary/aromatic N) is 1. The quantitative estimate of drug-likeness (QED) is 0.250. The lowest BCUT2D eigenvalue weighted by Crippen LogP contribution is -2.14. The molecule has 0 bridgehead atoms. The van der Waals surface area contributed by atoms with Gasteiger partial charge in [-0.25, -0.2) is 0 Å². The fraction of sp³-hybridized carbons (Fsp3) is 0.214. The van der Waals surface area contributed by atoms with E-state index in [1.165, 1.54) is 16.7 Å². The normalized spacial score (nSPS) is 11.1. The number of hydrogen-bond acceptors (Lipinski definition) is 3. The Morgan fingerprint density at radius 3 is 2.47 bits per heavy atom. The first-order valence-electron chi connectivity index (χ1n) is 10.9. The zero-order chi connectivity index (χ0) is 24.8. The van der Waals surface area contributed by atoms with Crippen molar-refractivity contribution in [2.75, 3.05) is 11.9 Å². The molecule has 0 spiro atoms. The van der Waals surface area contributed by atoms with Gasteiger partial charge in [-0.05, 0) is 74.7 Å². The summed E-state index contributed by atoms with van der Waals surface area (Å²) in [6, 6.07) is 17.5. The van der Waals surface area contributed by atoms with E-state index < -0.39 is 5.91 Å². The van der Waals surface area contributed by atoms with Gasteiger partial charge >= 0.3 is 0 Å². The van der Waals surface area contributed by atoms with Crippen LogP contribution in [0, 0.1) is 32.1 Å². The molecule has 0 fully saturated rings. The first-order valence-corrected chi connectivity index (χ1v) is 12.1. The van der Waals surface area contributed by atoms with Crippen molar-refractivity contribution in [2.45, 2.75) is 34.1 Å². The maximum atomic E-state index is 12.8. The first kappa shape index (κ1) is 25.6. The highest BCUT2D eigenvalue weighted by molar-refractivity contribution is 9.10. The summed E-state index contributed by atoms with van der Waals surface area (Å²) >= 11 is 9.72. The largest absolute Gasteiger partial charge is 0.494 e. The highest BCUT2D eigenvalue weighted by Gasteiger charge is 2.15. The van der Waals surface area contributed by atoms with Crippen LogP contribution in [0.4, 0.5) is 5.69 Å². The number of nitrogens with one attached hydrogen (secondary N) is 1. The molecule has 1 amide bonds. The number of carbonyl (C=O) groups excluding carboxylic acids is 1. The van der Waals surface area contributed by atoms with Gasteiger partial charge in [0.1, 0.15) is 17.4 Å². The van der Waals surface area contributed by atoms with Gasteiger partial charge in [0.2, 0.25) is 0 Å². The molecule has 0 heterocycles. The summed E-state index contributed by atoms with van der Waals surface area (Å²) in [4.78, 5) is 12.8. The fourth-order valence-electron chi connectivity index (χ4n) is 3.78. The molecule has 0 unspecified atom stereocenters. The molecular formula is C28H26BrClN2O2. The second-order valence-electron chi connectivity index (χ2n) is 8.17. The molecule has 0 saturated heterocycles. The average molecular weight is 538 g/mol. The monoisotopic (exact) mass is 536 g/mol. The summed E-state index contributed by atoms with van der Waals surface area (Å²) in [7, 11) is 0. The number of aryl methyl sites for hydroxylation is 3. The number of rotatable bonds is 7. The Labute approximate surface area is 214 Å². The van der Waals surface area contributed by atoms with Crippen LogP contribution < -0.4 is 10.1 Å². The van der Waals surface area contributed by atoms with Gasteiger partial charge in [-0.3, -0.25) is 4.79 Å². The molecule has 0 aliphatic rings. The van der Waals surface area contributed by atoms with Crippen LogP contribution in [-0.2, 0) is 11.2 Å². The van der Waals surface area contributed by atoms with Crippen LogP contribution in [0.3, 0.4) is 0 Å². The second kappa shape index (κ2) is 11.4. The fourth-order valence-corrected chi connectivity index (χ4v) is 4.55. The number of nitriles is 1. The predicted octanol–water partition coefficient (Wildman–Crippen LogP) is 7.56. The zero-order valence-corrected chi connectivity index (χ0v) is 22.0. The van der Waals surface area contributed by atoms with Gasteiger partial charge in [-0.15, -0.1) is 0 Å². The second-order valence-corrected chi connectivity index (χ2v) is 9.46. The molecule has 0 radical (unpaired) electrons. The molecule has 0 aliphatic carbocycles. The Hall–Kier alpha value is -3.07. The minimum absolute atomic E-state index is 0.0178. The van der Waals surface area contributed by atoms with E-state index in [4.69, 9.17) is 16.3 Å². The molecule has 3 aromatic rings. The summed E-state index contributed by atoms with van der Waals surface area (Å²) < 4.78 is 6.79. The van der Waals surface area contributed by atoms with Gasteiger partial charge in [0.15, 0.2) is 0 Å². The van der Waals surface area contributed by atoms with Crippen molar-refractivity contribution < 1.29 is 9.53 Å². The molecule has 1 N–H and O–H groups in total. The van der Waals surface area contributed by atoms with Crippen molar-refractivity contribution in [3.8, 4) is 11.8 Å². The standard InChI is InChI=1S/C28H26BrClN2O2/c1-5-34-27-14-21(13-25(29)24(27)12-20-9-17(2)8-18(3)10-20)11-22(16-31)28(33)32-26-15-23(30)7-6-19(26)4/h6-11,13-15H,5,12H2,1-4H3,(H,32,33)/b22-11+. The Morgan fingerprint density at radius 1 is 1.12 bits per heavy atom. The van der Waals surface area contributed by atoms with E-state index in [0.29, 0.717) is 35.1 Å². The molecule has 0 saturated carbocycles. The highest BCUT2D eigenvalue weighted by Crippen LogP contribution is 2.33. The Morgan fingerprint density at radius 2 is 1.82 bits per heavy atom. The van der Waals surface area contributed by atoms with Crippen LogP contribution in [0.2, 0.25) is 5.02 Å². The molecule has 174 valence electrons. The third-order valence-corrected chi connectivity index (χ3v) is 6.21.